The molecule has 0 atom stereocenters. The van der Waals surface area contributed by atoms with E-state index in [1.165, 1.54) is 36.7 Å². The Labute approximate surface area is 170 Å². The SMILES string of the molecule is COc1ccc(CN(c2cccc(F)c2)S(=O)(=O)c2ccccc2C)cc1OC. The van der Waals surface area contributed by atoms with Crippen LogP contribution in [0.25, 0.3) is 0 Å². The summed E-state index contributed by atoms with van der Waals surface area (Å²) >= 11 is 0. The van der Waals surface area contributed by atoms with E-state index >= 15 is 0 Å². The second kappa shape index (κ2) is 8.53. The van der Waals surface area contributed by atoms with Crippen LogP contribution in [0, 0.1) is 12.7 Å². The molecule has 3 aromatic rings. The van der Waals surface area contributed by atoms with Gasteiger partial charge in [0.1, 0.15) is 5.82 Å². The summed E-state index contributed by atoms with van der Waals surface area (Å²) in [5.41, 5.74) is 1.52. The van der Waals surface area contributed by atoms with Gasteiger partial charge in [-0.25, -0.2) is 12.8 Å². The van der Waals surface area contributed by atoms with Crippen LogP contribution in [-0.4, -0.2) is 22.6 Å². The lowest BCUT2D eigenvalue weighted by Crippen LogP contribution is -2.31. The first kappa shape index (κ1) is 20.7. The number of ether oxygens (including phenoxy) is 2. The molecule has 0 aliphatic rings. The monoisotopic (exact) mass is 415 g/mol. The Bertz CT molecular complexity index is 1120. The van der Waals surface area contributed by atoms with Crippen molar-refractivity contribution in [2.45, 2.75) is 18.4 Å². The third-order valence-corrected chi connectivity index (χ3v) is 6.47. The van der Waals surface area contributed by atoms with Crippen molar-refractivity contribution < 1.29 is 22.3 Å². The number of benzene rings is 3. The second-order valence-electron chi connectivity index (χ2n) is 6.45. The van der Waals surface area contributed by atoms with Crippen molar-refractivity contribution in [1.29, 1.82) is 0 Å². The minimum Gasteiger partial charge on any atom is -0.493 e. The van der Waals surface area contributed by atoms with E-state index in [1.54, 1.807) is 55.5 Å². The van der Waals surface area contributed by atoms with Gasteiger partial charge in [-0.1, -0.05) is 30.3 Å². The fraction of sp³-hybridized carbons (Fsp3) is 0.182. The molecule has 0 spiro atoms. The summed E-state index contributed by atoms with van der Waals surface area (Å²) in [7, 11) is -0.903. The molecular weight excluding hydrogens is 393 g/mol. The zero-order valence-corrected chi connectivity index (χ0v) is 17.2. The first-order chi connectivity index (χ1) is 13.9. The summed E-state index contributed by atoms with van der Waals surface area (Å²) in [5, 5.41) is 0. The zero-order chi connectivity index (χ0) is 21.0. The second-order valence-corrected chi connectivity index (χ2v) is 8.28. The molecule has 152 valence electrons. The average Bonchev–Trinajstić information content (AvgIpc) is 2.71. The summed E-state index contributed by atoms with van der Waals surface area (Å²) in [6.07, 6.45) is 0. The third kappa shape index (κ3) is 4.35. The van der Waals surface area contributed by atoms with Crippen LogP contribution in [0.4, 0.5) is 10.1 Å². The molecule has 0 aromatic heterocycles. The molecule has 0 heterocycles. The molecule has 29 heavy (non-hydrogen) atoms. The molecular formula is C22H22FNO4S. The van der Waals surface area contributed by atoms with E-state index in [1.807, 2.05) is 0 Å². The highest BCUT2D eigenvalue weighted by Gasteiger charge is 2.27. The van der Waals surface area contributed by atoms with Crippen molar-refractivity contribution in [3.63, 3.8) is 0 Å². The van der Waals surface area contributed by atoms with Crippen molar-refractivity contribution in [3.05, 3.63) is 83.7 Å². The number of nitrogens with zero attached hydrogens (tertiary/aromatic N) is 1. The average molecular weight is 415 g/mol. The molecule has 0 amide bonds. The molecule has 5 nitrogen and oxygen atoms in total. The maximum atomic E-state index is 13.9. The fourth-order valence-electron chi connectivity index (χ4n) is 3.06. The number of hydrogen-bond donors (Lipinski definition) is 0. The van der Waals surface area contributed by atoms with Gasteiger partial charge in [-0.15, -0.1) is 0 Å². The Morgan fingerprint density at radius 1 is 0.897 bits per heavy atom. The lowest BCUT2D eigenvalue weighted by Gasteiger charge is -2.26. The van der Waals surface area contributed by atoms with Crippen LogP contribution in [0.15, 0.2) is 71.6 Å². The number of sulfonamides is 1. The van der Waals surface area contributed by atoms with Gasteiger partial charge in [-0.3, -0.25) is 4.31 Å². The molecule has 0 bridgehead atoms. The lowest BCUT2D eigenvalue weighted by atomic mass is 10.2. The highest BCUT2D eigenvalue weighted by atomic mass is 32.2. The molecule has 3 aromatic carbocycles. The van der Waals surface area contributed by atoms with Gasteiger partial charge in [0.05, 0.1) is 31.3 Å². The van der Waals surface area contributed by atoms with Crippen LogP contribution in [-0.2, 0) is 16.6 Å². The van der Waals surface area contributed by atoms with E-state index in [-0.39, 0.29) is 17.1 Å². The molecule has 0 fully saturated rings. The number of halogens is 1. The molecule has 0 unspecified atom stereocenters. The Morgan fingerprint density at radius 3 is 2.28 bits per heavy atom. The van der Waals surface area contributed by atoms with Gasteiger partial charge in [0.2, 0.25) is 0 Å². The highest BCUT2D eigenvalue weighted by molar-refractivity contribution is 7.92. The van der Waals surface area contributed by atoms with Crippen molar-refractivity contribution in [1.82, 2.24) is 0 Å². The molecule has 3 rings (SSSR count). The summed E-state index contributed by atoms with van der Waals surface area (Å²) < 4.78 is 52.6. The molecule has 0 aliphatic heterocycles. The number of rotatable bonds is 7. The van der Waals surface area contributed by atoms with Crippen LogP contribution >= 0.6 is 0 Å². The van der Waals surface area contributed by atoms with Crippen molar-refractivity contribution in [2.24, 2.45) is 0 Å². The smallest absolute Gasteiger partial charge is 0.264 e. The molecule has 0 aliphatic carbocycles. The Hall–Kier alpha value is -3.06. The Morgan fingerprint density at radius 2 is 1.62 bits per heavy atom. The standard InChI is InChI=1S/C22H22FNO4S/c1-16-7-4-5-10-22(16)29(25,26)24(19-9-6-8-18(23)14-19)15-17-11-12-20(27-2)21(13-17)28-3/h4-14H,15H2,1-3H3. The van der Waals surface area contributed by atoms with Gasteiger partial charge in [0.15, 0.2) is 11.5 Å². The molecule has 0 radical (unpaired) electrons. The number of aryl methyl sites for hydroxylation is 1. The van der Waals surface area contributed by atoms with Gasteiger partial charge in [-0.2, -0.15) is 0 Å². The topological polar surface area (TPSA) is 55.8 Å². The predicted molar refractivity (Wildman–Crippen MR) is 110 cm³/mol. The number of anilines is 1. The maximum absolute atomic E-state index is 13.9. The van der Waals surface area contributed by atoms with Gasteiger partial charge < -0.3 is 9.47 Å². The van der Waals surface area contributed by atoms with Gasteiger partial charge in [0, 0.05) is 0 Å². The first-order valence-corrected chi connectivity index (χ1v) is 10.4. The zero-order valence-electron chi connectivity index (χ0n) is 16.4. The third-order valence-electron chi connectivity index (χ3n) is 4.53. The fourth-order valence-corrected chi connectivity index (χ4v) is 4.73. The minimum atomic E-state index is -3.94. The Balaban J connectivity index is 2.11. The van der Waals surface area contributed by atoms with Crippen LogP contribution in [0.2, 0.25) is 0 Å². The van der Waals surface area contributed by atoms with E-state index in [4.69, 9.17) is 9.47 Å². The summed E-state index contributed by atoms with van der Waals surface area (Å²) in [6, 6.07) is 17.4. The Kier molecular flexibility index (Phi) is 6.08. The van der Waals surface area contributed by atoms with E-state index < -0.39 is 15.8 Å². The molecule has 0 N–H and O–H groups in total. The van der Waals surface area contributed by atoms with Gasteiger partial charge >= 0.3 is 0 Å². The normalized spacial score (nSPS) is 11.2. The lowest BCUT2D eigenvalue weighted by molar-refractivity contribution is 0.354. The van der Waals surface area contributed by atoms with E-state index in [0.29, 0.717) is 22.6 Å². The summed E-state index contributed by atoms with van der Waals surface area (Å²) in [5.74, 6) is 0.507. The van der Waals surface area contributed by atoms with Gasteiger partial charge in [-0.05, 0) is 54.4 Å². The maximum Gasteiger partial charge on any atom is 0.264 e. The van der Waals surface area contributed by atoms with Crippen LogP contribution < -0.4 is 13.8 Å². The van der Waals surface area contributed by atoms with E-state index in [9.17, 15) is 12.8 Å². The quantitative estimate of drug-likeness (QED) is 0.568. The van der Waals surface area contributed by atoms with Gasteiger partial charge in [0.25, 0.3) is 10.0 Å². The van der Waals surface area contributed by atoms with Crippen molar-refractivity contribution in [2.75, 3.05) is 18.5 Å². The van der Waals surface area contributed by atoms with Crippen molar-refractivity contribution >= 4 is 15.7 Å². The first-order valence-electron chi connectivity index (χ1n) is 8.91. The minimum absolute atomic E-state index is 0.000471. The molecule has 7 heteroatoms. The van der Waals surface area contributed by atoms with Crippen LogP contribution in [0.5, 0.6) is 11.5 Å². The largest absolute Gasteiger partial charge is 0.493 e. The van der Waals surface area contributed by atoms with Crippen molar-refractivity contribution in [3.8, 4) is 11.5 Å². The van der Waals surface area contributed by atoms with Crippen LogP contribution in [0.3, 0.4) is 0 Å². The predicted octanol–water partition coefficient (Wildman–Crippen LogP) is 4.55. The van der Waals surface area contributed by atoms with Crippen LogP contribution in [0.1, 0.15) is 11.1 Å². The van der Waals surface area contributed by atoms with E-state index in [0.717, 1.165) is 0 Å². The molecule has 0 saturated heterocycles. The van der Waals surface area contributed by atoms with E-state index in [2.05, 4.69) is 0 Å². The number of methoxy groups -OCH3 is 2. The highest BCUT2D eigenvalue weighted by Crippen LogP contribution is 2.32. The summed E-state index contributed by atoms with van der Waals surface area (Å²) in [6.45, 7) is 1.73. The number of hydrogen-bond acceptors (Lipinski definition) is 4. The summed E-state index contributed by atoms with van der Waals surface area (Å²) in [4.78, 5) is 0.171. The molecule has 0 saturated carbocycles.